The third kappa shape index (κ3) is 4.13. The van der Waals surface area contributed by atoms with E-state index in [1.54, 1.807) is 11.1 Å². The Kier molecular flexibility index (Phi) is 5.28. The van der Waals surface area contributed by atoms with Crippen LogP contribution >= 0.6 is 0 Å². The van der Waals surface area contributed by atoms with Crippen molar-refractivity contribution in [3.63, 3.8) is 0 Å². The maximum absolute atomic E-state index is 13.3. The number of nitrogens with one attached hydrogen (secondary N) is 1. The molecule has 29 heavy (non-hydrogen) atoms. The summed E-state index contributed by atoms with van der Waals surface area (Å²) in [5.41, 5.74) is 1.04. The Balaban J connectivity index is 1.26. The molecule has 1 aliphatic rings. The van der Waals surface area contributed by atoms with Crippen LogP contribution in [0.3, 0.4) is 0 Å². The van der Waals surface area contributed by atoms with E-state index in [-0.39, 0.29) is 28.7 Å². The molecule has 152 valence electrons. The highest BCUT2D eigenvalue weighted by Crippen LogP contribution is 2.22. The highest BCUT2D eigenvalue weighted by molar-refractivity contribution is 5.97. The number of rotatable bonds is 6. The predicted octanol–water partition coefficient (Wildman–Crippen LogP) is 2.20. The number of fused-ring (bicyclic) bond motifs is 1. The van der Waals surface area contributed by atoms with Gasteiger partial charge in [-0.25, -0.2) is 4.39 Å². The van der Waals surface area contributed by atoms with Crippen LogP contribution in [0.25, 0.3) is 5.52 Å². The summed E-state index contributed by atoms with van der Waals surface area (Å²) in [7, 11) is 0. The van der Waals surface area contributed by atoms with Crippen LogP contribution in [0.5, 0.6) is 0 Å². The Morgan fingerprint density at radius 1 is 1.28 bits per heavy atom. The summed E-state index contributed by atoms with van der Waals surface area (Å²) in [4.78, 5) is 41.3. The fourth-order valence-corrected chi connectivity index (χ4v) is 3.81. The average molecular weight is 400 g/mol. The number of Topliss-reactive ketones (excluding diaryl/α,β-unsaturated/α-hetero) is 1. The second-order valence-electron chi connectivity index (χ2n) is 7.35. The number of carbonyl (C=O) groups is 2. The molecule has 0 aliphatic carbocycles. The number of hydrogen-bond donors (Lipinski definition) is 1. The molecular weight excluding hydrogens is 379 g/mol. The van der Waals surface area contributed by atoms with Gasteiger partial charge in [0.25, 0.3) is 5.56 Å². The van der Waals surface area contributed by atoms with Gasteiger partial charge in [-0.15, -0.1) is 0 Å². The van der Waals surface area contributed by atoms with Gasteiger partial charge in [0.15, 0.2) is 5.78 Å². The number of H-pyrrole nitrogens is 1. The van der Waals surface area contributed by atoms with Crippen molar-refractivity contribution < 1.29 is 18.5 Å². The second-order valence-corrected chi connectivity index (χ2v) is 7.35. The number of nitrogens with zero attached hydrogens (tertiary/aromatic N) is 3. The predicted molar refractivity (Wildman–Crippen MR) is 101 cm³/mol. The van der Waals surface area contributed by atoms with Crippen LogP contribution in [0.1, 0.15) is 41.7 Å². The van der Waals surface area contributed by atoms with E-state index in [1.165, 1.54) is 29.1 Å². The van der Waals surface area contributed by atoms with Crippen molar-refractivity contribution in [1.29, 1.82) is 0 Å². The van der Waals surface area contributed by atoms with Gasteiger partial charge in [-0.2, -0.15) is 0 Å². The molecule has 1 fully saturated rings. The summed E-state index contributed by atoms with van der Waals surface area (Å²) in [6.45, 7) is 1.10. The van der Waals surface area contributed by atoms with Crippen LogP contribution in [0.2, 0.25) is 0 Å². The van der Waals surface area contributed by atoms with Crippen molar-refractivity contribution in [3.05, 3.63) is 58.3 Å². The Labute approximate surface area is 165 Å². The monoisotopic (exact) mass is 400 g/mol. The van der Waals surface area contributed by atoms with Gasteiger partial charge < -0.3 is 18.8 Å². The van der Waals surface area contributed by atoms with E-state index in [4.69, 9.17) is 4.52 Å². The molecule has 3 aromatic heterocycles. The molecule has 9 heteroatoms. The van der Waals surface area contributed by atoms with Gasteiger partial charge in [-0.05, 0) is 25.7 Å². The summed E-state index contributed by atoms with van der Waals surface area (Å²) >= 11 is 0. The molecule has 1 amide bonds. The number of aryl methyl sites for hydroxylation is 1. The number of aromatic nitrogens is 3. The van der Waals surface area contributed by atoms with Gasteiger partial charge in [0, 0.05) is 49.6 Å². The van der Waals surface area contributed by atoms with Crippen molar-refractivity contribution in [1.82, 2.24) is 19.4 Å². The molecule has 1 aliphatic heterocycles. The first kappa shape index (κ1) is 19.1. The lowest BCUT2D eigenvalue weighted by Gasteiger charge is -2.31. The van der Waals surface area contributed by atoms with Gasteiger partial charge in [-0.3, -0.25) is 14.4 Å². The van der Waals surface area contributed by atoms with E-state index in [2.05, 4.69) is 10.1 Å². The molecule has 1 saturated heterocycles. The summed E-state index contributed by atoms with van der Waals surface area (Å²) in [5, 5.41) is 3.56. The number of piperidine rings is 1. The highest BCUT2D eigenvalue weighted by Gasteiger charge is 2.28. The Morgan fingerprint density at radius 2 is 2.07 bits per heavy atom. The van der Waals surface area contributed by atoms with Gasteiger partial charge in [-0.1, -0.05) is 5.16 Å². The lowest BCUT2D eigenvalue weighted by atomic mass is 9.90. The fraction of sp³-hybridized carbons (Fsp3) is 0.400. The number of carbonyl (C=O) groups excluding carboxylic acids is 2. The van der Waals surface area contributed by atoms with Crippen LogP contribution in [0.15, 0.2) is 40.2 Å². The van der Waals surface area contributed by atoms with E-state index in [0.29, 0.717) is 56.5 Å². The first-order valence-electron chi connectivity index (χ1n) is 9.62. The van der Waals surface area contributed by atoms with Crippen LogP contribution < -0.4 is 5.56 Å². The van der Waals surface area contributed by atoms with Crippen LogP contribution in [0, 0.1) is 11.7 Å². The van der Waals surface area contributed by atoms with Crippen molar-refractivity contribution in [2.75, 3.05) is 13.1 Å². The molecule has 4 heterocycles. The molecule has 4 rings (SSSR count). The first-order chi connectivity index (χ1) is 14.0. The zero-order valence-electron chi connectivity index (χ0n) is 15.8. The Morgan fingerprint density at radius 3 is 2.79 bits per heavy atom. The third-order valence-electron chi connectivity index (χ3n) is 5.39. The van der Waals surface area contributed by atoms with E-state index in [0.717, 1.165) is 0 Å². The first-order valence-corrected chi connectivity index (χ1v) is 9.62. The number of amides is 1. The summed E-state index contributed by atoms with van der Waals surface area (Å²) < 4.78 is 19.5. The van der Waals surface area contributed by atoms with Crippen LogP contribution in [-0.4, -0.2) is 44.2 Å². The average Bonchev–Trinajstić information content (AvgIpc) is 3.37. The SMILES string of the molecule is O=C(c1cnoc1)C1CCN(C(=O)CCCc2cn3cc(F)cc3c(=O)[nH]2)CC1. The minimum atomic E-state index is -0.464. The highest BCUT2D eigenvalue weighted by atomic mass is 19.1. The zero-order chi connectivity index (χ0) is 20.4. The zero-order valence-corrected chi connectivity index (χ0v) is 15.8. The molecular formula is C20H21FN4O4. The molecule has 0 unspecified atom stereocenters. The summed E-state index contributed by atoms with van der Waals surface area (Å²) in [6, 6.07) is 1.18. The maximum Gasteiger partial charge on any atom is 0.272 e. The van der Waals surface area contributed by atoms with Crippen molar-refractivity contribution in [2.45, 2.75) is 32.1 Å². The van der Waals surface area contributed by atoms with Crippen molar-refractivity contribution >= 4 is 17.2 Å². The fourth-order valence-electron chi connectivity index (χ4n) is 3.81. The van der Waals surface area contributed by atoms with E-state index in [1.807, 2.05) is 0 Å². The molecule has 0 spiro atoms. The number of likely N-dealkylation sites (tertiary alicyclic amines) is 1. The summed E-state index contributed by atoms with van der Waals surface area (Å²) in [6.07, 6.45) is 8.38. The Hall–Kier alpha value is -3.23. The molecule has 0 aromatic carbocycles. The number of halogens is 1. The largest absolute Gasteiger partial charge is 0.364 e. The van der Waals surface area contributed by atoms with Crippen LogP contribution in [0.4, 0.5) is 4.39 Å². The molecule has 0 atom stereocenters. The molecule has 0 bridgehead atoms. The minimum absolute atomic E-state index is 0.0131. The van der Waals surface area contributed by atoms with E-state index in [9.17, 15) is 18.8 Å². The smallest absolute Gasteiger partial charge is 0.272 e. The lowest BCUT2D eigenvalue weighted by molar-refractivity contribution is -0.132. The molecule has 3 aromatic rings. The quantitative estimate of drug-likeness (QED) is 0.640. The van der Waals surface area contributed by atoms with E-state index >= 15 is 0 Å². The minimum Gasteiger partial charge on any atom is -0.364 e. The molecule has 0 saturated carbocycles. The van der Waals surface area contributed by atoms with Crippen LogP contribution in [-0.2, 0) is 11.2 Å². The van der Waals surface area contributed by atoms with Gasteiger partial charge >= 0.3 is 0 Å². The second kappa shape index (κ2) is 8.02. The van der Waals surface area contributed by atoms with E-state index < -0.39 is 5.82 Å². The van der Waals surface area contributed by atoms with Gasteiger partial charge in [0.2, 0.25) is 5.91 Å². The molecule has 8 nitrogen and oxygen atoms in total. The van der Waals surface area contributed by atoms with Crippen molar-refractivity contribution in [3.8, 4) is 0 Å². The lowest BCUT2D eigenvalue weighted by Crippen LogP contribution is -2.40. The number of hydrogen-bond acceptors (Lipinski definition) is 5. The topological polar surface area (TPSA) is 101 Å². The van der Waals surface area contributed by atoms with Crippen molar-refractivity contribution in [2.24, 2.45) is 5.92 Å². The molecule has 1 N–H and O–H groups in total. The van der Waals surface area contributed by atoms with Gasteiger partial charge in [0.05, 0.1) is 11.8 Å². The Bertz CT molecular complexity index is 1080. The number of aromatic amines is 1. The van der Waals surface area contributed by atoms with Gasteiger partial charge in [0.1, 0.15) is 17.6 Å². The summed E-state index contributed by atoms with van der Waals surface area (Å²) in [5.74, 6) is -0.526. The normalized spacial score (nSPS) is 15.1. The molecule has 0 radical (unpaired) electrons. The third-order valence-corrected chi connectivity index (χ3v) is 5.39. The standard InChI is InChI=1S/C20H21FN4O4/c21-15-8-17-20(28)23-16(11-25(17)10-15)2-1-3-18(26)24-6-4-13(5-7-24)19(27)14-9-22-29-12-14/h8-13H,1-7H2,(H,23,28). The number of ketones is 1. The maximum atomic E-state index is 13.3.